The SMILES string of the molecule is C[C@@H]1CC(=O)N1C[C@](C)(/C=N/NC(=O)CCCNC(=O)c1ccc(O)c(O)c1Cl)S(=O)[O-]. The molecule has 0 aliphatic carbocycles. The van der Waals surface area contributed by atoms with Gasteiger partial charge in [-0.15, -0.1) is 0 Å². The van der Waals surface area contributed by atoms with Gasteiger partial charge in [0.1, 0.15) is 0 Å². The lowest BCUT2D eigenvalue weighted by Crippen LogP contribution is -2.58. The largest absolute Gasteiger partial charge is 0.772 e. The summed E-state index contributed by atoms with van der Waals surface area (Å²) in [6, 6.07) is 2.33. The van der Waals surface area contributed by atoms with Crippen LogP contribution in [0.4, 0.5) is 0 Å². The molecule has 11 nitrogen and oxygen atoms in total. The van der Waals surface area contributed by atoms with Gasteiger partial charge >= 0.3 is 0 Å². The summed E-state index contributed by atoms with van der Waals surface area (Å²) in [7, 11) is 0. The van der Waals surface area contributed by atoms with Gasteiger partial charge in [-0.1, -0.05) is 11.6 Å². The molecule has 32 heavy (non-hydrogen) atoms. The molecular formula is C19H24ClN4O7S-. The zero-order valence-corrected chi connectivity index (χ0v) is 19.0. The Labute approximate surface area is 192 Å². The van der Waals surface area contributed by atoms with Crippen molar-refractivity contribution in [3.8, 4) is 11.5 Å². The second-order valence-electron chi connectivity index (χ2n) is 7.57. The molecule has 0 bridgehead atoms. The van der Waals surface area contributed by atoms with Gasteiger partial charge in [0.15, 0.2) is 11.5 Å². The van der Waals surface area contributed by atoms with Gasteiger partial charge in [-0.25, -0.2) is 5.43 Å². The summed E-state index contributed by atoms with van der Waals surface area (Å²) in [4.78, 5) is 37.0. The van der Waals surface area contributed by atoms with Gasteiger partial charge in [0.25, 0.3) is 5.91 Å². The Kier molecular flexibility index (Phi) is 8.58. The van der Waals surface area contributed by atoms with E-state index in [-0.39, 0.29) is 48.5 Å². The molecule has 0 aromatic heterocycles. The van der Waals surface area contributed by atoms with Crippen molar-refractivity contribution >= 4 is 46.6 Å². The van der Waals surface area contributed by atoms with Crippen LogP contribution in [0, 0.1) is 0 Å². The van der Waals surface area contributed by atoms with Gasteiger partial charge < -0.3 is 25.0 Å². The van der Waals surface area contributed by atoms with Crippen molar-refractivity contribution in [3.63, 3.8) is 0 Å². The summed E-state index contributed by atoms with van der Waals surface area (Å²) in [6.45, 7) is 3.26. The average Bonchev–Trinajstić information content (AvgIpc) is 2.73. The van der Waals surface area contributed by atoms with Gasteiger partial charge in [-0.05, 0) is 43.5 Å². The van der Waals surface area contributed by atoms with E-state index in [4.69, 9.17) is 11.6 Å². The van der Waals surface area contributed by atoms with E-state index in [2.05, 4.69) is 15.8 Å². The second-order valence-corrected chi connectivity index (χ2v) is 9.35. The number of carbonyl (C=O) groups is 3. The molecule has 1 aliphatic rings. The van der Waals surface area contributed by atoms with Crippen molar-refractivity contribution in [1.29, 1.82) is 0 Å². The number of benzene rings is 1. The number of phenolic OH excluding ortho intramolecular Hbond substituents is 2. The third-order valence-electron chi connectivity index (χ3n) is 4.92. The maximum atomic E-state index is 12.1. The van der Waals surface area contributed by atoms with Gasteiger partial charge in [-0.2, -0.15) is 5.10 Å². The van der Waals surface area contributed by atoms with Crippen LogP contribution in [0.3, 0.4) is 0 Å². The molecule has 1 heterocycles. The first kappa shape index (κ1) is 25.6. The standard InChI is InChI=1S/C19H25ClN4O7S/c1-11-8-15(27)24(11)10-19(2,32(30)31)9-22-23-14(26)4-3-7-21-18(29)12-5-6-13(25)17(28)16(12)20/h5-6,9,11,25,28H,3-4,7-8,10H2,1-2H3,(H,21,29)(H,23,26)(H,30,31)/p-1/b22-9+/t11-,19+/m1/s1. The first-order chi connectivity index (χ1) is 15.0. The highest BCUT2D eigenvalue weighted by Gasteiger charge is 2.38. The first-order valence-corrected chi connectivity index (χ1v) is 11.1. The number of rotatable bonds is 10. The fraction of sp³-hybridized carbons (Fsp3) is 0.474. The Morgan fingerprint density at radius 1 is 1.44 bits per heavy atom. The van der Waals surface area contributed by atoms with Crippen LogP contribution < -0.4 is 10.7 Å². The van der Waals surface area contributed by atoms with Crippen LogP contribution in [-0.2, 0) is 20.7 Å². The number of carbonyl (C=O) groups excluding carboxylic acids is 3. The van der Waals surface area contributed by atoms with Crippen molar-refractivity contribution in [2.45, 2.75) is 43.9 Å². The zero-order chi connectivity index (χ0) is 24.1. The van der Waals surface area contributed by atoms with Crippen LogP contribution in [0.15, 0.2) is 17.2 Å². The average molecular weight is 488 g/mol. The number of nitrogens with zero attached hydrogens (tertiary/aromatic N) is 2. The van der Waals surface area contributed by atoms with Crippen LogP contribution in [0.1, 0.15) is 43.5 Å². The van der Waals surface area contributed by atoms with Crippen LogP contribution in [0.5, 0.6) is 11.5 Å². The second kappa shape index (κ2) is 10.7. The molecule has 0 radical (unpaired) electrons. The van der Waals surface area contributed by atoms with Gasteiger partial charge in [0.2, 0.25) is 11.8 Å². The zero-order valence-electron chi connectivity index (χ0n) is 17.5. The van der Waals surface area contributed by atoms with Crippen molar-refractivity contribution < 1.29 is 33.4 Å². The number of nitrogens with one attached hydrogen (secondary N) is 2. The Morgan fingerprint density at radius 2 is 2.12 bits per heavy atom. The molecule has 3 atom stereocenters. The van der Waals surface area contributed by atoms with E-state index in [0.29, 0.717) is 6.42 Å². The molecule has 1 fully saturated rings. The van der Waals surface area contributed by atoms with E-state index in [1.54, 1.807) is 0 Å². The molecule has 1 unspecified atom stereocenters. The predicted molar refractivity (Wildman–Crippen MR) is 116 cm³/mol. The minimum atomic E-state index is -2.57. The van der Waals surface area contributed by atoms with Gasteiger partial charge in [-0.3, -0.25) is 18.6 Å². The lowest BCUT2D eigenvalue weighted by Gasteiger charge is -2.43. The molecular weight excluding hydrogens is 464 g/mol. The highest BCUT2D eigenvalue weighted by atomic mass is 35.5. The smallest absolute Gasteiger partial charge is 0.252 e. The molecule has 0 spiro atoms. The Balaban J connectivity index is 1.78. The lowest BCUT2D eigenvalue weighted by atomic mass is 10.0. The van der Waals surface area contributed by atoms with Crippen LogP contribution in [-0.4, -0.2) is 71.7 Å². The number of phenols is 2. The quantitative estimate of drug-likeness (QED) is 0.0934. The molecule has 3 amide bonds. The van der Waals surface area contributed by atoms with Crippen molar-refractivity contribution in [3.05, 3.63) is 22.7 Å². The highest BCUT2D eigenvalue weighted by Crippen LogP contribution is 2.35. The minimum absolute atomic E-state index is 0.00893. The number of β-lactam (4-membered cyclic amide) rings is 1. The van der Waals surface area contributed by atoms with Crippen LogP contribution >= 0.6 is 11.6 Å². The number of amides is 3. The first-order valence-electron chi connectivity index (χ1n) is 9.67. The predicted octanol–water partition coefficient (Wildman–Crippen LogP) is 0.622. The lowest BCUT2D eigenvalue weighted by molar-refractivity contribution is -0.145. The minimum Gasteiger partial charge on any atom is -0.772 e. The maximum Gasteiger partial charge on any atom is 0.252 e. The van der Waals surface area contributed by atoms with Crippen LogP contribution in [0.25, 0.3) is 0 Å². The fourth-order valence-corrected chi connectivity index (χ4v) is 3.53. The van der Waals surface area contributed by atoms with E-state index < -0.39 is 39.1 Å². The van der Waals surface area contributed by atoms with Gasteiger partial charge in [0, 0.05) is 38.2 Å². The number of hydrazone groups is 1. The van der Waals surface area contributed by atoms with E-state index in [0.717, 1.165) is 12.3 Å². The highest BCUT2D eigenvalue weighted by molar-refractivity contribution is 7.81. The van der Waals surface area contributed by atoms with Crippen molar-refractivity contribution in [1.82, 2.24) is 15.6 Å². The molecule has 0 saturated carbocycles. The molecule has 1 saturated heterocycles. The molecule has 1 aromatic rings. The van der Waals surface area contributed by atoms with E-state index in [1.807, 2.05) is 6.92 Å². The summed E-state index contributed by atoms with van der Waals surface area (Å²) in [5.41, 5.74) is 2.20. The number of halogens is 1. The summed E-state index contributed by atoms with van der Waals surface area (Å²) in [5.74, 6) is -2.28. The van der Waals surface area contributed by atoms with E-state index in [1.165, 1.54) is 17.9 Å². The summed E-state index contributed by atoms with van der Waals surface area (Å²) < 4.78 is 21.8. The number of hydrogen-bond donors (Lipinski definition) is 4. The summed E-state index contributed by atoms with van der Waals surface area (Å²) >= 11 is 3.24. The van der Waals surface area contributed by atoms with Crippen molar-refractivity contribution in [2.24, 2.45) is 5.10 Å². The summed E-state index contributed by atoms with van der Waals surface area (Å²) in [5, 5.41) is 24.8. The molecule has 1 aromatic carbocycles. The van der Waals surface area contributed by atoms with E-state index in [9.17, 15) is 33.4 Å². The molecule has 4 N–H and O–H groups in total. The topological polar surface area (TPSA) is 171 Å². The normalized spacial score (nSPS) is 18.7. The fourth-order valence-electron chi connectivity index (χ4n) is 2.90. The monoisotopic (exact) mass is 487 g/mol. The van der Waals surface area contributed by atoms with Crippen LogP contribution in [0.2, 0.25) is 5.02 Å². The third kappa shape index (κ3) is 6.17. The Morgan fingerprint density at radius 3 is 2.72 bits per heavy atom. The summed E-state index contributed by atoms with van der Waals surface area (Å²) in [6.07, 6.45) is 1.68. The molecule has 2 rings (SSSR count). The molecule has 176 valence electrons. The number of aromatic hydroxyl groups is 2. The molecule has 13 heteroatoms. The number of likely N-dealkylation sites (tertiary alicyclic amines) is 1. The maximum absolute atomic E-state index is 12.1. The Bertz CT molecular complexity index is 958. The van der Waals surface area contributed by atoms with Gasteiger partial charge in [0.05, 0.1) is 15.3 Å². The third-order valence-corrected chi connectivity index (χ3v) is 6.30. The number of hydrogen-bond acceptors (Lipinski definition) is 8. The van der Waals surface area contributed by atoms with Crippen molar-refractivity contribution in [2.75, 3.05) is 13.1 Å². The molecule has 1 aliphatic heterocycles. The Hall–Kier alpha value is -2.70. The van der Waals surface area contributed by atoms with E-state index >= 15 is 0 Å².